The van der Waals surface area contributed by atoms with Gasteiger partial charge in [-0.2, -0.15) is 0 Å². The average molecular weight is 502 g/mol. The van der Waals surface area contributed by atoms with Crippen LogP contribution in [0.5, 0.6) is 5.75 Å². The summed E-state index contributed by atoms with van der Waals surface area (Å²) in [5.74, 6) is -2.25. The lowest BCUT2D eigenvalue weighted by Crippen LogP contribution is -2.29. The van der Waals surface area contributed by atoms with Crippen molar-refractivity contribution in [2.75, 3.05) is 18.6 Å². The van der Waals surface area contributed by atoms with Crippen molar-refractivity contribution in [1.29, 1.82) is 0 Å². The van der Waals surface area contributed by atoms with Crippen LogP contribution in [0.3, 0.4) is 0 Å². The SMILES string of the molecule is CCOC(=O)c1ccc(N2C(=O)C(=O)C(=C(O)c3ccc([N+](=O)[O-])cc3)[C@@H]2c2ccc(OC)cc2)cc1. The molecule has 1 aliphatic heterocycles. The lowest BCUT2D eigenvalue weighted by atomic mass is 9.95. The predicted molar refractivity (Wildman–Crippen MR) is 133 cm³/mol. The van der Waals surface area contributed by atoms with Crippen molar-refractivity contribution in [2.45, 2.75) is 13.0 Å². The molecule has 188 valence electrons. The second kappa shape index (κ2) is 10.3. The number of hydrogen-bond donors (Lipinski definition) is 1. The molecule has 3 aromatic rings. The normalized spacial score (nSPS) is 16.5. The summed E-state index contributed by atoms with van der Waals surface area (Å²) in [4.78, 5) is 50.2. The third kappa shape index (κ3) is 4.76. The summed E-state index contributed by atoms with van der Waals surface area (Å²) in [6.45, 7) is 1.89. The minimum absolute atomic E-state index is 0.139. The number of esters is 1. The molecule has 0 aromatic heterocycles. The smallest absolute Gasteiger partial charge is 0.338 e. The third-order valence-electron chi connectivity index (χ3n) is 5.88. The first-order chi connectivity index (χ1) is 17.8. The van der Waals surface area contributed by atoms with Gasteiger partial charge in [-0.1, -0.05) is 12.1 Å². The van der Waals surface area contributed by atoms with Crippen LogP contribution >= 0.6 is 0 Å². The van der Waals surface area contributed by atoms with Gasteiger partial charge in [-0.15, -0.1) is 0 Å². The average Bonchev–Trinajstić information content (AvgIpc) is 3.18. The summed E-state index contributed by atoms with van der Waals surface area (Å²) in [5, 5.41) is 22.1. The van der Waals surface area contributed by atoms with Crippen LogP contribution in [0.15, 0.2) is 78.4 Å². The Morgan fingerprint density at radius 3 is 2.11 bits per heavy atom. The van der Waals surface area contributed by atoms with Crippen LogP contribution in [0, 0.1) is 10.1 Å². The molecular formula is C27H22N2O8. The zero-order valence-electron chi connectivity index (χ0n) is 19.9. The third-order valence-corrected chi connectivity index (χ3v) is 5.88. The van der Waals surface area contributed by atoms with E-state index in [2.05, 4.69) is 0 Å². The van der Waals surface area contributed by atoms with E-state index in [1.165, 1.54) is 60.5 Å². The highest BCUT2D eigenvalue weighted by Crippen LogP contribution is 2.42. The highest BCUT2D eigenvalue weighted by atomic mass is 16.6. The van der Waals surface area contributed by atoms with Crippen LogP contribution in [-0.4, -0.2) is 41.4 Å². The molecule has 10 heteroatoms. The van der Waals surface area contributed by atoms with E-state index < -0.39 is 34.4 Å². The maximum atomic E-state index is 13.2. The molecule has 0 aliphatic carbocycles. The van der Waals surface area contributed by atoms with Gasteiger partial charge in [-0.25, -0.2) is 4.79 Å². The number of carbonyl (C=O) groups excluding carboxylic acids is 3. The van der Waals surface area contributed by atoms with Crippen molar-refractivity contribution in [3.63, 3.8) is 0 Å². The van der Waals surface area contributed by atoms with E-state index >= 15 is 0 Å². The molecule has 1 atom stereocenters. The monoisotopic (exact) mass is 502 g/mol. The minimum atomic E-state index is -1.02. The van der Waals surface area contributed by atoms with Gasteiger partial charge in [0.25, 0.3) is 17.4 Å². The van der Waals surface area contributed by atoms with Gasteiger partial charge < -0.3 is 14.6 Å². The summed E-state index contributed by atoms with van der Waals surface area (Å²) in [6.07, 6.45) is 0. The van der Waals surface area contributed by atoms with E-state index in [4.69, 9.17) is 9.47 Å². The van der Waals surface area contributed by atoms with Crippen molar-refractivity contribution in [2.24, 2.45) is 0 Å². The molecular weight excluding hydrogens is 480 g/mol. The number of aliphatic hydroxyl groups excluding tert-OH is 1. The van der Waals surface area contributed by atoms with Crippen molar-refractivity contribution in [1.82, 2.24) is 0 Å². The molecule has 0 radical (unpaired) electrons. The molecule has 1 heterocycles. The molecule has 0 unspecified atom stereocenters. The molecule has 1 amide bonds. The van der Waals surface area contributed by atoms with Crippen molar-refractivity contribution >= 4 is 34.8 Å². The summed E-state index contributed by atoms with van der Waals surface area (Å²) >= 11 is 0. The van der Waals surface area contributed by atoms with E-state index in [1.807, 2.05) is 0 Å². The van der Waals surface area contributed by atoms with Crippen LogP contribution in [0.1, 0.15) is 34.5 Å². The molecule has 1 N–H and O–H groups in total. The number of anilines is 1. The first-order valence-electron chi connectivity index (χ1n) is 11.2. The van der Waals surface area contributed by atoms with Gasteiger partial charge >= 0.3 is 5.97 Å². The van der Waals surface area contributed by atoms with Gasteiger partial charge in [0.05, 0.1) is 35.8 Å². The standard InChI is InChI=1S/C27H22N2O8/c1-3-37-27(33)18-6-10-19(11-7-18)28-23(16-8-14-21(36-2)15-9-16)22(25(31)26(28)32)24(30)17-4-12-20(13-5-17)29(34)35/h4-15,23,30H,3H2,1-2H3/t23-/m0/s1. The Morgan fingerprint density at radius 1 is 0.973 bits per heavy atom. The zero-order chi connectivity index (χ0) is 26.7. The highest BCUT2D eigenvalue weighted by Gasteiger charge is 2.47. The number of benzene rings is 3. The highest BCUT2D eigenvalue weighted by molar-refractivity contribution is 6.51. The van der Waals surface area contributed by atoms with E-state index in [1.54, 1.807) is 31.2 Å². The number of Topliss-reactive ketones (excluding diaryl/α,β-unsaturated/α-hetero) is 1. The Hall–Kier alpha value is -4.99. The topological polar surface area (TPSA) is 136 Å². The number of aliphatic hydroxyl groups is 1. The van der Waals surface area contributed by atoms with Crippen LogP contribution in [0.2, 0.25) is 0 Å². The number of carbonyl (C=O) groups is 3. The van der Waals surface area contributed by atoms with E-state index in [9.17, 15) is 29.6 Å². The second-order valence-electron chi connectivity index (χ2n) is 8.01. The van der Waals surface area contributed by atoms with E-state index in [-0.39, 0.29) is 29.0 Å². The number of nitro groups is 1. The number of ketones is 1. The summed E-state index contributed by atoms with van der Waals surface area (Å²) in [5.41, 5.74) is 0.870. The van der Waals surface area contributed by atoms with Gasteiger partial charge in [-0.05, 0) is 61.0 Å². The molecule has 37 heavy (non-hydrogen) atoms. The number of ether oxygens (including phenoxy) is 2. The number of nitrogens with zero attached hydrogens (tertiary/aromatic N) is 2. The lowest BCUT2D eigenvalue weighted by Gasteiger charge is -2.25. The quantitative estimate of drug-likeness (QED) is 0.125. The maximum absolute atomic E-state index is 13.2. The fourth-order valence-electron chi connectivity index (χ4n) is 4.07. The number of methoxy groups -OCH3 is 1. The largest absolute Gasteiger partial charge is 0.507 e. The van der Waals surface area contributed by atoms with E-state index in [0.717, 1.165) is 0 Å². The molecule has 0 saturated carbocycles. The fourth-order valence-corrected chi connectivity index (χ4v) is 4.07. The van der Waals surface area contributed by atoms with Gasteiger partial charge in [0.2, 0.25) is 0 Å². The fraction of sp³-hybridized carbons (Fsp3) is 0.148. The van der Waals surface area contributed by atoms with Crippen molar-refractivity contribution in [3.8, 4) is 5.75 Å². The molecule has 4 rings (SSSR count). The zero-order valence-corrected chi connectivity index (χ0v) is 19.9. The number of hydrogen-bond acceptors (Lipinski definition) is 8. The van der Waals surface area contributed by atoms with Gasteiger partial charge in [0.15, 0.2) is 0 Å². The van der Waals surface area contributed by atoms with Crippen LogP contribution in [0.4, 0.5) is 11.4 Å². The van der Waals surface area contributed by atoms with Gasteiger partial charge in [0.1, 0.15) is 11.5 Å². The Morgan fingerprint density at radius 2 is 1.57 bits per heavy atom. The first kappa shape index (κ1) is 25.1. The van der Waals surface area contributed by atoms with E-state index in [0.29, 0.717) is 17.0 Å². The molecule has 0 bridgehead atoms. The van der Waals surface area contributed by atoms with Gasteiger partial charge in [-0.3, -0.25) is 24.6 Å². The molecule has 1 aliphatic rings. The number of amides is 1. The van der Waals surface area contributed by atoms with Crippen molar-refractivity contribution in [3.05, 3.63) is 105 Å². The Bertz CT molecular complexity index is 1390. The molecule has 10 nitrogen and oxygen atoms in total. The maximum Gasteiger partial charge on any atom is 0.338 e. The summed E-state index contributed by atoms with van der Waals surface area (Å²) in [7, 11) is 1.50. The van der Waals surface area contributed by atoms with Crippen LogP contribution in [-0.2, 0) is 14.3 Å². The molecule has 1 fully saturated rings. The number of nitro benzene ring substituents is 1. The summed E-state index contributed by atoms with van der Waals surface area (Å²) in [6, 6.07) is 16.6. The second-order valence-corrected chi connectivity index (χ2v) is 8.01. The Balaban J connectivity index is 1.85. The summed E-state index contributed by atoms with van der Waals surface area (Å²) < 4.78 is 10.2. The molecule has 0 spiro atoms. The first-order valence-corrected chi connectivity index (χ1v) is 11.2. The molecule has 3 aromatic carbocycles. The van der Waals surface area contributed by atoms with Gasteiger partial charge in [0, 0.05) is 23.4 Å². The van der Waals surface area contributed by atoms with Crippen LogP contribution in [0.25, 0.3) is 5.76 Å². The predicted octanol–water partition coefficient (Wildman–Crippen LogP) is 4.41. The number of non-ortho nitro benzene ring substituents is 1. The Labute approximate surface area is 211 Å². The number of rotatable bonds is 7. The van der Waals surface area contributed by atoms with Crippen molar-refractivity contribution < 1.29 is 33.9 Å². The Kier molecular flexibility index (Phi) is 7.01. The molecule has 1 saturated heterocycles. The minimum Gasteiger partial charge on any atom is -0.507 e. The lowest BCUT2D eigenvalue weighted by molar-refractivity contribution is -0.384. The van der Waals surface area contributed by atoms with Crippen LogP contribution < -0.4 is 9.64 Å².